The van der Waals surface area contributed by atoms with Crippen LogP contribution in [0.5, 0.6) is 0 Å². The lowest BCUT2D eigenvalue weighted by molar-refractivity contribution is 0.696. The largest absolute Gasteiger partial charge is 0.243 e. The lowest BCUT2D eigenvalue weighted by Crippen LogP contribution is -1.99. The molecule has 0 unspecified atom stereocenters. The first kappa shape index (κ1) is 15.2. The molecule has 0 aliphatic heterocycles. The molecule has 0 saturated heterocycles. The Hall–Kier alpha value is -1.70. The van der Waals surface area contributed by atoms with E-state index in [0.717, 1.165) is 33.5 Å². The van der Waals surface area contributed by atoms with Crippen molar-refractivity contribution in [2.24, 2.45) is 4.99 Å². The molecule has 0 fully saturated rings. The van der Waals surface area contributed by atoms with E-state index < -0.39 is 0 Å². The van der Waals surface area contributed by atoms with Crippen LogP contribution in [0, 0.1) is 11.3 Å². The third kappa shape index (κ3) is 3.37. The normalized spacial score (nSPS) is 14.8. The fourth-order valence-corrected chi connectivity index (χ4v) is 4.17. The third-order valence-corrected chi connectivity index (χ3v) is 5.31. The van der Waals surface area contributed by atoms with E-state index in [4.69, 9.17) is 0 Å². The van der Waals surface area contributed by atoms with E-state index in [2.05, 4.69) is 27.0 Å². The minimum Gasteiger partial charge on any atom is -0.243 e. The van der Waals surface area contributed by atoms with E-state index >= 15 is 0 Å². The Morgan fingerprint density at radius 2 is 2.00 bits per heavy atom. The molecule has 1 aromatic carbocycles. The van der Waals surface area contributed by atoms with Crippen molar-refractivity contribution in [3.05, 3.63) is 56.4 Å². The number of allylic oxidation sites excluding steroid dienone is 1. The average Bonchev–Trinajstić information content (AvgIpc) is 2.91. The molecule has 1 aromatic heterocycles. The first-order chi connectivity index (χ1) is 10.8. The molecule has 110 valence electrons. The van der Waals surface area contributed by atoms with Crippen LogP contribution in [0.4, 0.5) is 5.00 Å². The zero-order chi connectivity index (χ0) is 15.4. The van der Waals surface area contributed by atoms with Crippen LogP contribution in [0.25, 0.3) is 6.08 Å². The molecular formula is C18H15BrN2S. The summed E-state index contributed by atoms with van der Waals surface area (Å²) < 4.78 is 0.897. The molecule has 4 heteroatoms. The van der Waals surface area contributed by atoms with Crippen LogP contribution < -0.4 is 0 Å². The number of hydrogen-bond acceptors (Lipinski definition) is 3. The molecule has 0 saturated carbocycles. The van der Waals surface area contributed by atoms with Gasteiger partial charge >= 0.3 is 0 Å². The predicted molar refractivity (Wildman–Crippen MR) is 97.2 cm³/mol. The van der Waals surface area contributed by atoms with Gasteiger partial charge in [0, 0.05) is 15.6 Å². The molecule has 22 heavy (non-hydrogen) atoms. The maximum absolute atomic E-state index is 9.42. The summed E-state index contributed by atoms with van der Waals surface area (Å²) in [5, 5.41) is 10.3. The van der Waals surface area contributed by atoms with Crippen LogP contribution in [0.3, 0.4) is 0 Å². The Kier molecular flexibility index (Phi) is 4.87. The summed E-state index contributed by atoms with van der Waals surface area (Å²) in [5.41, 5.74) is 3.12. The van der Waals surface area contributed by atoms with Gasteiger partial charge in [0.15, 0.2) is 0 Å². The van der Waals surface area contributed by atoms with Gasteiger partial charge in [-0.05, 0) is 58.8 Å². The molecule has 0 amide bonds. The number of rotatable bonds is 3. The van der Waals surface area contributed by atoms with E-state index in [1.165, 1.54) is 23.3 Å². The number of nitrogens with zero attached hydrogens (tertiary/aromatic N) is 2. The summed E-state index contributed by atoms with van der Waals surface area (Å²) in [7, 11) is 0. The zero-order valence-electron chi connectivity index (χ0n) is 12.1. The number of hydrogen-bond donors (Lipinski definition) is 0. The van der Waals surface area contributed by atoms with E-state index in [9.17, 15) is 5.26 Å². The third-order valence-electron chi connectivity index (χ3n) is 3.67. The predicted octanol–water partition coefficient (Wildman–Crippen LogP) is 5.64. The molecule has 3 rings (SSSR count). The highest BCUT2D eigenvalue weighted by molar-refractivity contribution is 9.12. The van der Waals surface area contributed by atoms with Crippen molar-refractivity contribution in [3.63, 3.8) is 0 Å². The molecule has 0 atom stereocenters. The summed E-state index contributed by atoms with van der Waals surface area (Å²) in [5.74, 6) is 0. The lowest BCUT2D eigenvalue weighted by Gasteiger charge is -2.09. The van der Waals surface area contributed by atoms with E-state index in [1.54, 1.807) is 17.6 Å². The summed E-state index contributed by atoms with van der Waals surface area (Å²) >= 11 is 5.19. The number of halogens is 1. The van der Waals surface area contributed by atoms with Crippen molar-refractivity contribution >= 4 is 44.6 Å². The highest BCUT2D eigenvalue weighted by Crippen LogP contribution is 2.39. The van der Waals surface area contributed by atoms with Crippen LogP contribution >= 0.6 is 27.3 Å². The minimum absolute atomic E-state index is 0.774. The fourth-order valence-electron chi connectivity index (χ4n) is 2.62. The molecule has 2 nitrogen and oxygen atoms in total. The topological polar surface area (TPSA) is 36.1 Å². The van der Waals surface area contributed by atoms with Crippen molar-refractivity contribution in [3.8, 4) is 6.07 Å². The van der Waals surface area contributed by atoms with Gasteiger partial charge in [-0.1, -0.05) is 30.3 Å². The van der Waals surface area contributed by atoms with Crippen molar-refractivity contribution in [1.82, 2.24) is 0 Å². The molecule has 1 aliphatic rings. The van der Waals surface area contributed by atoms with Crippen LogP contribution in [-0.2, 0) is 12.8 Å². The van der Waals surface area contributed by atoms with Gasteiger partial charge in [0.2, 0.25) is 0 Å². The number of nitriles is 1. The Labute approximate surface area is 143 Å². The average molecular weight is 371 g/mol. The highest BCUT2D eigenvalue weighted by Gasteiger charge is 2.19. The molecule has 0 spiro atoms. The second kappa shape index (κ2) is 7.04. The van der Waals surface area contributed by atoms with Gasteiger partial charge in [0.25, 0.3) is 0 Å². The number of fused-ring (bicyclic) bond motifs is 1. The lowest BCUT2D eigenvalue weighted by atomic mass is 9.96. The van der Waals surface area contributed by atoms with Crippen molar-refractivity contribution in [1.29, 1.82) is 5.26 Å². The standard InChI is InChI=1S/C18H15BrN2S/c19-14(10-13-6-2-1-3-7-13)12-21-18-16(11-20)15-8-4-5-9-17(15)22-18/h1-3,6-7,10,12H,4-5,8-9H2/b14-10-,21-12+. The van der Waals surface area contributed by atoms with Gasteiger partial charge < -0.3 is 0 Å². The molecular weight excluding hydrogens is 356 g/mol. The van der Waals surface area contributed by atoms with E-state index in [0.29, 0.717) is 0 Å². The molecule has 1 aliphatic carbocycles. The summed E-state index contributed by atoms with van der Waals surface area (Å²) in [4.78, 5) is 5.88. The van der Waals surface area contributed by atoms with Crippen molar-refractivity contribution in [2.45, 2.75) is 25.7 Å². The second-order valence-corrected chi connectivity index (χ2v) is 7.20. The Balaban J connectivity index is 1.85. The first-order valence-electron chi connectivity index (χ1n) is 7.29. The number of aliphatic imine (C=N–C) groups is 1. The van der Waals surface area contributed by atoms with Gasteiger partial charge in [0.1, 0.15) is 11.1 Å². The quantitative estimate of drug-likeness (QED) is 0.644. The smallest absolute Gasteiger partial charge is 0.134 e. The van der Waals surface area contributed by atoms with Gasteiger partial charge in [-0.2, -0.15) is 5.26 Å². The van der Waals surface area contributed by atoms with Crippen molar-refractivity contribution < 1.29 is 0 Å². The summed E-state index contributed by atoms with van der Waals surface area (Å²) in [6, 6.07) is 12.4. The van der Waals surface area contributed by atoms with Gasteiger partial charge in [-0.25, -0.2) is 4.99 Å². The summed E-state index contributed by atoms with van der Waals surface area (Å²) in [6.45, 7) is 0. The monoisotopic (exact) mass is 370 g/mol. The number of aryl methyl sites for hydroxylation is 1. The summed E-state index contributed by atoms with van der Waals surface area (Å²) in [6.07, 6.45) is 8.31. The molecule has 1 heterocycles. The first-order valence-corrected chi connectivity index (χ1v) is 8.90. The SMILES string of the molecule is N#Cc1c(/N=C/C(Br)=C/c2ccccc2)sc2c1CCCC2. The molecule has 2 aromatic rings. The van der Waals surface area contributed by atoms with Gasteiger partial charge in [0.05, 0.1) is 5.56 Å². The Bertz CT molecular complexity index is 766. The number of benzene rings is 1. The maximum atomic E-state index is 9.42. The van der Waals surface area contributed by atoms with E-state index in [1.807, 2.05) is 36.4 Å². The number of thiophene rings is 1. The molecule has 0 bridgehead atoms. The van der Waals surface area contributed by atoms with Crippen LogP contribution in [0.2, 0.25) is 0 Å². The van der Waals surface area contributed by atoms with Crippen molar-refractivity contribution in [2.75, 3.05) is 0 Å². The maximum Gasteiger partial charge on any atom is 0.134 e. The molecule has 0 N–H and O–H groups in total. The highest BCUT2D eigenvalue weighted by atomic mass is 79.9. The van der Waals surface area contributed by atoms with Crippen LogP contribution in [0.15, 0.2) is 39.8 Å². The van der Waals surface area contributed by atoms with Crippen LogP contribution in [0.1, 0.15) is 34.4 Å². The van der Waals surface area contributed by atoms with Gasteiger partial charge in [-0.15, -0.1) is 11.3 Å². The van der Waals surface area contributed by atoms with Crippen LogP contribution in [-0.4, -0.2) is 6.21 Å². The Morgan fingerprint density at radius 3 is 2.77 bits per heavy atom. The fraction of sp³-hybridized carbons (Fsp3) is 0.222. The zero-order valence-corrected chi connectivity index (χ0v) is 14.5. The van der Waals surface area contributed by atoms with E-state index in [-0.39, 0.29) is 0 Å². The van der Waals surface area contributed by atoms with Gasteiger partial charge in [-0.3, -0.25) is 0 Å². The Morgan fingerprint density at radius 1 is 1.23 bits per heavy atom. The minimum atomic E-state index is 0.774. The second-order valence-electron chi connectivity index (χ2n) is 5.20. The molecule has 0 radical (unpaired) electrons.